The van der Waals surface area contributed by atoms with Gasteiger partial charge < -0.3 is 20.9 Å². The number of carboxylic acid groups (broad SMARTS) is 1. The van der Waals surface area contributed by atoms with Crippen LogP contribution in [0.1, 0.15) is 15.4 Å². The fourth-order valence-electron chi connectivity index (χ4n) is 2.51. The molecule has 1 aromatic carbocycles. The second-order valence-electron chi connectivity index (χ2n) is 6.34. The van der Waals surface area contributed by atoms with E-state index in [1.165, 1.54) is 11.3 Å². The minimum absolute atomic E-state index is 0.206. The fourth-order valence-corrected chi connectivity index (χ4v) is 3.47. The van der Waals surface area contributed by atoms with Crippen LogP contribution in [0, 0.1) is 6.92 Å². The minimum atomic E-state index is -5.08. The summed E-state index contributed by atoms with van der Waals surface area (Å²) in [6.07, 6.45) is -3.52. The Labute approximate surface area is 194 Å². The van der Waals surface area contributed by atoms with Gasteiger partial charge in [-0.25, -0.2) is 9.78 Å². The highest BCUT2D eigenvalue weighted by molar-refractivity contribution is 7.12. The number of carbonyl (C=O) groups is 2. The van der Waals surface area contributed by atoms with E-state index in [0.717, 1.165) is 5.56 Å². The van der Waals surface area contributed by atoms with Crippen LogP contribution in [0.4, 0.5) is 18.9 Å². The highest BCUT2D eigenvalue weighted by Gasteiger charge is 2.38. The molecule has 0 fully saturated rings. The van der Waals surface area contributed by atoms with E-state index in [9.17, 15) is 18.0 Å². The number of amides is 1. The van der Waals surface area contributed by atoms with Crippen molar-refractivity contribution < 1.29 is 32.6 Å². The Morgan fingerprint density at radius 2 is 2.03 bits per heavy atom. The molecule has 0 aliphatic carbocycles. The number of halogens is 4. The van der Waals surface area contributed by atoms with Crippen molar-refractivity contribution in [2.45, 2.75) is 13.1 Å². The van der Waals surface area contributed by atoms with Crippen LogP contribution in [0.3, 0.4) is 0 Å². The molecule has 1 amide bonds. The Balaban J connectivity index is 0.000000479. The van der Waals surface area contributed by atoms with Gasteiger partial charge in [0.1, 0.15) is 17.2 Å². The number of ether oxygens (including phenoxy) is 1. The van der Waals surface area contributed by atoms with Crippen molar-refractivity contribution in [3.63, 3.8) is 0 Å². The third-order valence-corrected chi connectivity index (χ3v) is 5.16. The number of aromatic nitrogens is 3. The van der Waals surface area contributed by atoms with E-state index in [1.807, 2.05) is 6.07 Å². The molecule has 0 unspecified atom stereocenters. The molecule has 0 saturated heterocycles. The Hall–Kier alpha value is -3.16. The van der Waals surface area contributed by atoms with Crippen LogP contribution in [-0.4, -0.2) is 51.1 Å². The van der Waals surface area contributed by atoms with Crippen molar-refractivity contribution in [1.82, 2.24) is 14.8 Å². The average molecular weight is 506 g/mol. The number of hydrogen-bond donors (Lipinski definition) is 3. The number of hydrogen-bond acceptors (Lipinski definition) is 7. The Morgan fingerprint density at radius 3 is 2.52 bits per heavy atom. The van der Waals surface area contributed by atoms with E-state index in [4.69, 9.17) is 32.0 Å². The summed E-state index contributed by atoms with van der Waals surface area (Å²) in [6.45, 7) is 2.56. The van der Waals surface area contributed by atoms with Gasteiger partial charge in [0.2, 0.25) is 0 Å². The van der Waals surface area contributed by atoms with Crippen molar-refractivity contribution in [2.24, 2.45) is 12.8 Å². The van der Waals surface area contributed by atoms with Gasteiger partial charge in [0.15, 0.2) is 0 Å². The maximum Gasteiger partial charge on any atom is 0.490 e. The maximum absolute atomic E-state index is 12.5. The number of thiazole rings is 1. The van der Waals surface area contributed by atoms with Crippen molar-refractivity contribution in [3.8, 4) is 17.0 Å². The molecule has 3 aromatic rings. The minimum Gasteiger partial charge on any atom is -0.492 e. The van der Waals surface area contributed by atoms with Gasteiger partial charge >= 0.3 is 12.1 Å². The molecule has 9 nitrogen and oxygen atoms in total. The van der Waals surface area contributed by atoms with Crippen LogP contribution in [0.5, 0.6) is 5.75 Å². The van der Waals surface area contributed by atoms with Crippen LogP contribution < -0.4 is 15.8 Å². The molecular weight excluding hydrogens is 487 g/mol. The molecule has 0 spiro atoms. The standard InChI is InChI=1S/C17H18ClN5O2S.C2HF3O2/c1-10-16(26-9-20-10)17(24)22-11-3-4-14(25-6-5-19)12(7-11)15-13(18)8-21-23(15)2;3-2(4,5)1(6)7/h3-4,7-9H,5-6,19H2,1-2H3,(H,22,24);(H,6,7). The number of nitrogens with zero attached hydrogens (tertiary/aromatic N) is 3. The van der Waals surface area contributed by atoms with E-state index in [1.54, 1.807) is 42.5 Å². The van der Waals surface area contributed by atoms with Crippen molar-refractivity contribution in [2.75, 3.05) is 18.5 Å². The highest BCUT2D eigenvalue weighted by Crippen LogP contribution is 2.36. The van der Waals surface area contributed by atoms with Crippen LogP contribution in [0.2, 0.25) is 5.02 Å². The number of carboxylic acids is 1. The number of aliphatic carboxylic acids is 1. The van der Waals surface area contributed by atoms with Crippen LogP contribution in [-0.2, 0) is 11.8 Å². The molecular formula is C19H19ClF3N5O4S. The predicted octanol–water partition coefficient (Wildman–Crippen LogP) is 3.73. The number of benzene rings is 1. The van der Waals surface area contributed by atoms with Gasteiger partial charge in [-0.3, -0.25) is 9.48 Å². The van der Waals surface area contributed by atoms with Crippen molar-refractivity contribution >= 4 is 40.5 Å². The number of nitrogens with one attached hydrogen (secondary N) is 1. The molecule has 178 valence electrons. The van der Waals surface area contributed by atoms with Gasteiger partial charge in [-0.05, 0) is 25.1 Å². The summed E-state index contributed by atoms with van der Waals surface area (Å²) in [7, 11) is 1.79. The van der Waals surface area contributed by atoms with E-state index < -0.39 is 12.1 Å². The summed E-state index contributed by atoms with van der Waals surface area (Å²) in [6, 6.07) is 5.36. The molecule has 2 heterocycles. The van der Waals surface area contributed by atoms with Gasteiger partial charge in [0, 0.05) is 24.8 Å². The number of rotatable bonds is 6. The predicted molar refractivity (Wildman–Crippen MR) is 117 cm³/mol. The number of carbonyl (C=O) groups excluding carboxylic acids is 1. The Morgan fingerprint density at radius 1 is 1.36 bits per heavy atom. The van der Waals surface area contributed by atoms with Crippen molar-refractivity contribution in [3.05, 3.63) is 45.5 Å². The lowest BCUT2D eigenvalue weighted by Gasteiger charge is -2.14. The van der Waals surface area contributed by atoms with Crippen LogP contribution >= 0.6 is 22.9 Å². The molecule has 0 bridgehead atoms. The van der Waals surface area contributed by atoms with Gasteiger partial charge in [-0.2, -0.15) is 18.3 Å². The molecule has 0 atom stereocenters. The number of alkyl halides is 3. The zero-order valence-corrected chi connectivity index (χ0v) is 18.9. The fraction of sp³-hybridized carbons (Fsp3) is 0.263. The lowest BCUT2D eigenvalue weighted by molar-refractivity contribution is -0.192. The third-order valence-electron chi connectivity index (χ3n) is 3.96. The lowest BCUT2D eigenvalue weighted by Crippen LogP contribution is -2.21. The van der Waals surface area contributed by atoms with Gasteiger partial charge in [0.05, 0.1) is 28.1 Å². The summed E-state index contributed by atoms with van der Waals surface area (Å²) < 4.78 is 39.1. The van der Waals surface area contributed by atoms with E-state index in [-0.39, 0.29) is 5.91 Å². The molecule has 0 aliphatic heterocycles. The summed E-state index contributed by atoms with van der Waals surface area (Å²) in [5.74, 6) is -2.34. The molecule has 33 heavy (non-hydrogen) atoms. The normalized spacial score (nSPS) is 10.9. The second-order valence-corrected chi connectivity index (χ2v) is 7.60. The van der Waals surface area contributed by atoms with E-state index in [0.29, 0.717) is 45.9 Å². The quantitative estimate of drug-likeness (QED) is 0.465. The first-order valence-electron chi connectivity index (χ1n) is 9.12. The third kappa shape index (κ3) is 6.91. The summed E-state index contributed by atoms with van der Waals surface area (Å²) in [5, 5.41) is 14.7. The molecule has 0 aliphatic rings. The molecule has 0 saturated carbocycles. The first-order chi connectivity index (χ1) is 15.5. The zero-order valence-electron chi connectivity index (χ0n) is 17.3. The zero-order chi connectivity index (χ0) is 24.8. The summed E-state index contributed by atoms with van der Waals surface area (Å²) in [4.78, 5) is 26.0. The van der Waals surface area contributed by atoms with Gasteiger partial charge in [0.25, 0.3) is 5.91 Å². The second kappa shape index (κ2) is 11.1. The van der Waals surface area contributed by atoms with Gasteiger partial charge in [-0.15, -0.1) is 11.3 Å². The Kier molecular flexibility index (Phi) is 8.79. The maximum atomic E-state index is 12.5. The lowest BCUT2D eigenvalue weighted by atomic mass is 10.1. The Bertz CT molecular complexity index is 1110. The smallest absolute Gasteiger partial charge is 0.490 e. The van der Waals surface area contributed by atoms with Crippen LogP contribution in [0.15, 0.2) is 29.9 Å². The topological polar surface area (TPSA) is 132 Å². The molecule has 3 rings (SSSR count). The largest absolute Gasteiger partial charge is 0.492 e. The van der Waals surface area contributed by atoms with E-state index in [2.05, 4.69) is 15.4 Å². The average Bonchev–Trinajstić information content (AvgIpc) is 3.31. The number of anilines is 1. The van der Waals surface area contributed by atoms with Gasteiger partial charge in [-0.1, -0.05) is 11.6 Å². The first kappa shape index (κ1) is 26.1. The molecule has 14 heteroatoms. The summed E-state index contributed by atoms with van der Waals surface area (Å²) in [5.41, 5.74) is 9.93. The molecule has 0 radical (unpaired) electrons. The van der Waals surface area contributed by atoms with Crippen LogP contribution in [0.25, 0.3) is 11.3 Å². The highest BCUT2D eigenvalue weighted by atomic mass is 35.5. The monoisotopic (exact) mass is 505 g/mol. The molecule has 4 N–H and O–H groups in total. The number of nitrogens with two attached hydrogens (primary N) is 1. The SMILES string of the molecule is Cc1ncsc1C(=O)Nc1ccc(OCCN)c(-c2c(Cl)cnn2C)c1.O=C(O)C(F)(F)F. The first-order valence-corrected chi connectivity index (χ1v) is 10.4. The number of aryl methyl sites for hydroxylation is 2. The van der Waals surface area contributed by atoms with E-state index >= 15 is 0 Å². The summed E-state index contributed by atoms with van der Waals surface area (Å²) >= 11 is 7.59. The molecule has 2 aromatic heterocycles. The van der Waals surface area contributed by atoms with Crippen molar-refractivity contribution in [1.29, 1.82) is 0 Å².